The van der Waals surface area contributed by atoms with Crippen molar-refractivity contribution >= 4 is 29.8 Å². The molecule has 0 saturated heterocycles. The fourth-order valence-corrected chi connectivity index (χ4v) is 3.48. The van der Waals surface area contributed by atoms with Gasteiger partial charge >= 0.3 is 0 Å². The van der Waals surface area contributed by atoms with Gasteiger partial charge in [-0.25, -0.2) is 0 Å². The molecule has 4 rings (SSSR count). The van der Waals surface area contributed by atoms with Crippen molar-refractivity contribution in [2.75, 3.05) is 5.32 Å². The Labute approximate surface area is 211 Å². The second-order valence-electron chi connectivity index (χ2n) is 7.76. The number of amidine groups is 1. The standard InChI is InChI=1S/C28H26N4O2.ClH/c29-27(30)21-14-16-23(17-15-21)32-26(28(33)31-19-20-8-3-1-4-9-20)22-10-7-13-25(18-22)34-24-11-5-2-6-12-24;/h1-18,26,32H,19H2,(H3,29,30)(H,31,33);1H/t26-;/m0./s1. The number of carbonyl (C=O) groups is 1. The largest absolute Gasteiger partial charge is 0.457 e. The lowest BCUT2D eigenvalue weighted by molar-refractivity contribution is -0.122. The third-order valence-corrected chi connectivity index (χ3v) is 5.25. The van der Waals surface area contributed by atoms with Crippen molar-refractivity contribution < 1.29 is 9.53 Å². The van der Waals surface area contributed by atoms with Gasteiger partial charge < -0.3 is 21.1 Å². The normalized spacial score (nSPS) is 11.0. The molecule has 1 atom stereocenters. The van der Waals surface area contributed by atoms with Gasteiger partial charge in [0.05, 0.1) is 0 Å². The lowest BCUT2D eigenvalue weighted by Crippen LogP contribution is -2.33. The molecule has 35 heavy (non-hydrogen) atoms. The highest BCUT2D eigenvalue weighted by Crippen LogP contribution is 2.27. The maximum absolute atomic E-state index is 13.3. The van der Waals surface area contributed by atoms with Crippen molar-refractivity contribution in [1.29, 1.82) is 5.41 Å². The van der Waals surface area contributed by atoms with E-state index in [2.05, 4.69) is 10.6 Å². The van der Waals surface area contributed by atoms with Crippen molar-refractivity contribution in [2.45, 2.75) is 12.6 Å². The zero-order valence-electron chi connectivity index (χ0n) is 19.0. The van der Waals surface area contributed by atoms with E-state index in [1.165, 1.54) is 0 Å². The zero-order chi connectivity index (χ0) is 23.8. The number of nitrogens with two attached hydrogens (primary N) is 1. The number of hydrogen-bond donors (Lipinski definition) is 4. The van der Waals surface area contributed by atoms with E-state index >= 15 is 0 Å². The summed E-state index contributed by atoms with van der Waals surface area (Å²) < 4.78 is 5.97. The van der Waals surface area contributed by atoms with Gasteiger partial charge in [0.25, 0.3) is 0 Å². The molecule has 1 amide bonds. The summed E-state index contributed by atoms with van der Waals surface area (Å²) in [5.74, 6) is 1.18. The first-order valence-electron chi connectivity index (χ1n) is 10.9. The van der Waals surface area contributed by atoms with Crippen molar-refractivity contribution in [2.24, 2.45) is 5.73 Å². The second-order valence-corrected chi connectivity index (χ2v) is 7.76. The Morgan fingerprint density at radius 1 is 0.829 bits per heavy atom. The molecule has 4 aromatic rings. The molecule has 0 heterocycles. The van der Waals surface area contributed by atoms with Crippen LogP contribution in [0.4, 0.5) is 5.69 Å². The summed E-state index contributed by atoms with van der Waals surface area (Å²) in [6, 6.07) is 33.2. The van der Waals surface area contributed by atoms with Gasteiger partial charge in [0, 0.05) is 17.8 Å². The lowest BCUT2D eigenvalue weighted by atomic mass is 10.0. The number of carbonyl (C=O) groups excluding carboxylic acids is 1. The number of nitrogens with one attached hydrogen (secondary N) is 3. The minimum absolute atomic E-state index is 0. The quantitative estimate of drug-likeness (QED) is 0.181. The summed E-state index contributed by atoms with van der Waals surface area (Å²) in [4.78, 5) is 13.3. The maximum Gasteiger partial charge on any atom is 0.247 e. The van der Waals surface area contributed by atoms with E-state index in [0.29, 0.717) is 17.9 Å². The van der Waals surface area contributed by atoms with Crippen LogP contribution in [0.15, 0.2) is 109 Å². The predicted octanol–water partition coefficient (Wildman–Crippen LogP) is 5.65. The molecule has 4 aromatic carbocycles. The number of rotatable bonds is 9. The highest BCUT2D eigenvalue weighted by atomic mass is 35.5. The highest BCUT2D eigenvalue weighted by Gasteiger charge is 2.21. The van der Waals surface area contributed by atoms with Crippen LogP contribution in [0.1, 0.15) is 22.7 Å². The number of halogens is 1. The summed E-state index contributed by atoms with van der Waals surface area (Å²) >= 11 is 0. The van der Waals surface area contributed by atoms with E-state index in [0.717, 1.165) is 22.6 Å². The van der Waals surface area contributed by atoms with Gasteiger partial charge in [-0.15, -0.1) is 12.4 Å². The molecule has 0 saturated carbocycles. The molecule has 0 aliphatic carbocycles. The molecular weight excluding hydrogens is 460 g/mol. The minimum atomic E-state index is -0.661. The number of anilines is 1. The maximum atomic E-state index is 13.3. The summed E-state index contributed by atoms with van der Waals surface area (Å²) in [5, 5.41) is 13.9. The van der Waals surface area contributed by atoms with E-state index in [4.69, 9.17) is 15.9 Å². The van der Waals surface area contributed by atoms with Crippen molar-refractivity contribution in [1.82, 2.24) is 5.32 Å². The van der Waals surface area contributed by atoms with E-state index in [9.17, 15) is 4.79 Å². The van der Waals surface area contributed by atoms with Crippen LogP contribution < -0.4 is 21.1 Å². The first-order chi connectivity index (χ1) is 16.6. The summed E-state index contributed by atoms with van der Waals surface area (Å²) in [5.41, 5.74) is 8.69. The molecule has 6 nitrogen and oxygen atoms in total. The summed E-state index contributed by atoms with van der Waals surface area (Å²) in [7, 11) is 0. The average Bonchev–Trinajstić information content (AvgIpc) is 2.87. The van der Waals surface area contributed by atoms with E-state index in [-0.39, 0.29) is 24.1 Å². The minimum Gasteiger partial charge on any atom is -0.457 e. The Hall–Kier alpha value is -4.29. The fraction of sp³-hybridized carbons (Fsp3) is 0.0714. The number of amides is 1. The first-order valence-corrected chi connectivity index (χ1v) is 10.9. The van der Waals surface area contributed by atoms with E-state index in [1.807, 2.05) is 84.9 Å². The molecule has 0 spiro atoms. The number of para-hydroxylation sites is 1. The third kappa shape index (κ3) is 7.09. The Morgan fingerprint density at radius 2 is 1.46 bits per heavy atom. The molecule has 0 unspecified atom stereocenters. The fourth-order valence-electron chi connectivity index (χ4n) is 3.48. The van der Waals surface area contributed by atoms with Gasteiger partial charge in [-0.3, -0.25) is 10.2 Å². The average molecular weight is 487 g/mol. The molecule has 0 aliphatic heterocycles. The van der Waals surface area contributed by atoms with Crippen LogP contribution in [-0.2, 0) is 11.3 Å². The number of hydrogen-bond acceptors (Lipinski definition) is 4. The Balaban J connectivity index is 0.00000342. The molecule has 5 N–H and O–H groups in total. The van der Waals surface area contributed by atoms with Gasteiger partial charge in [0.15, 0.2) is 0 Å². The number of ether oxygens (including phenoxy) is 1. The van der Waals surface area contributed by atoms with Gasteiger partial charge in [0.2, 0.25) is 5.91 Å². The molecule has 0 aromatic heterocycles. The Bertz CT molecular complexity index is 1250. The van der Waals surface area contributed by atoms with Crippen LogP contribution in [0.5, 0.6) is 11.5 Å². The SMILES string of the molecule is Cl.N=C(N)c1ccc(N[C@H](C(=O)NCc2ccccc2)c2cccc(Oc3ccccc3)c2)cc1. The van der Waals surface area contributed by atoms with Crippen molar-refractivity contribution in [3.63, 3.8) is 0 Å². The monoisotopic (exact) mass is 486 g/mol. The van der Waals surface area contributed by atoms with Crippen LogP contribution in [0.2, 0.25) is 0 Å². The predicted molar refractivity (Wildman–Crippen MR) is 142 cm³/mol. The van der Waals surface area contributed by atoms with Crippen molar-refractivity contribution in [3.05, 3.63) is 126 Å². The lowest BCUT2D eigenvalue weighted by Gasteiger charge is -2.21. The van der Waals surface area contributed by atoms with E-state index < -0.39 is 6.04 Å². The van der Waals surface area contributed by atoms with Gasteiger partial charge in [-0.05, 0) is 59.7 Å². The molecule has 0 fully saturated rings. The molecule has 0 radical (unpaired) electrons. The van der Waals surface area contributed by atoms with Gasteiger partial charge in [-0.1, -0.05) is 60.7 Å². The zero-order valence-corrected chi connectivity index (χ0v) is 19.8. The topological polar surface area (TPSA) is 100 Å². The Morgan fingerprint density at radius 3 is 2.11 bits per heavy atom. The van der Waals surface area contributed by atoms with E-state index in [1.54, 1.807) is 24.3 Å². The van der Waals surface area contributed by atoms with Gasteiger partial charge in [-0.2, -0.15) is 0 Å². The first kappa shape index (κ1) is 25.3. The van der Waals surface area contributed by atoms with Crippen LogP contribution >= 0.6 is 12.4 Å². The molecule has 0 aliphatic rings. The summed E-state index contributed by atoms with van der Waals surface area (Å²) in [6.07, 6.45) is 0. The third-order valence-electron chi connectivity index (χ3n) is 5.25. The molecule has 0 bridgehead atoms. The van der Waals surface area contributed by atoms with Crippen LogP contribution in [-0.4, -0.2) is 11.7 Å². The molecule has 7 heteroatoms. The van der Waals surface area contributed by atoms with Crippen LogP contribution in [0.3, 0.4) is 0 Å². The van der Waals surface area contributed by atoms with Gasteiger partial charge in [0.1, 0.15) is 23.4 Å². The summed E-state index contributed by atoms with van der Waals surface area (Å²) in [6.45, 7) is 0.418. The van der Waals surface area contributed by atoms with Crippen LogP contribution in [0.25, 0.3) is 0 Å². The second kappa shape index (κ2) is 12.3. The van der Waals surface area contributed by atoms with Crippen molar-refractivity contribution in [3.8, 4) is 11.5 Å². The number of benzene rings is 4. The molecule has 178 valence electrons. The number of nitrogen functional groups attached to an aromatic ring is 1. The smallest absolute Gasteiger partial charge is 0.247 e. The highest BCUT2D eigenvalue weighted by molar-refractivity contribution is 5.95. The Kier molecular flexibility index (Phi) is 8.87. The van der Waals surface area contributed by atoms with Crippen LogP contribution in [0, 0.1) is 5.41 Å². The molecular formula is C28H27ClN4O2.